The van der Waals surface area contributed by atoms with Crippen LogP contribution in [0, 0.1) is 17.8 Å². The van der Waals surface area contributed by atoms with Crippen LogP contribution in [0.25, 0.3) is 0 Å². The highest BCUT2D eigenvalue weighted by Gasteiger charge is 2.36. The van der Waals surface area contributed by atoms with Gasteiger partial charge in [0.05, 0.1) is 0 Å². The molecule has 1 aliphatic carbocycles. The van der Waals surface area contributed by atoms with Crippen LogP contribution in [0.15, 0.2) is 0 Å². The van der Waals surface area contributed by atoms with Crippen LogP contribution in [0.5, 0.6) is 0 Å². The molecule has 0 aromatic rings. The minimum absolute atomic E-state index is 0.650. The van der Waals surface area contributed by atoms with E-state index in [2.05, 4.69) is 25.7 Å². The van der Waals surface area contributed by atoms with E-state index in [0.29, 0.717) is 6.04 Å². The van der Waals surface area contributed by atoms with Crippen LogP contribution in [0.2, 0.25) is 0 Å². The third-order valence-electron chi connectivity index (χ3n) is 5.39. The zero-order valence-corrected chi connectivity index (χ0v) is 11.9. The number of nitrogens with two attached hydrogens (primary N) is 1. The Bertz CT molecular complexity index is 241. The van der Waals surface area contributed by atoms with Gasteiger partial charge >= 0.3 is 0 Å². The molecule has 2 aliphatic rings. The van der Waals surface area contributed by atoms with E-state index >= 15 is 0 Å². The second kappa shape index (κ2) is 5.71. The first-order valence-electron chi connectivity index (χ1n) is 7.59. The van der Waals surface area contributed by atoms with E-state index < -0.39 is 0 Å². The van der Waals surface area contributed by atoms with E-state index in [1.54, 1.807) is 0 Å². The molecule has 0 spiro atoms. The Morgan fingerprint density at radius 3 is 2.59 bits per heavy atom. The SMILES string of the molecule is CC1CCN(C2CCCC(C)C2C)C(CN)C1. The first-order valence-corrected chi connectivity index (χ1v) is 7.59. The second-order valence-electron chi connectivity index (χ2n) is 6.59. The lowest BCUT2D eigenvalue weighted by molar-refractivity contribution is 0.0157. The van der Waals surface area contributed by atoms with Crippen LogP contribution in [0.4, 0.5) is 0 Å². The highest BCUT2D eigenvalue weighted by Crippen LogP contribution is 2.36. The molecule has 17 heavy (non-hydrogen) atoms. The van der Waals surface area contributed by atoms with Crippen molar-refractivity contribution in [1.29, 1.82) is 0 Å². The molecule has 2 heteroatoms. The van der Waals surface area contributed by atoms with Gasteiger partial charge in [0.2, 0.25) is 0 Å². The molecule has 1 aliphatic heterocycles. The summed E-state index contributed by atoms with van der Waals surface area (Å²) in [5.74, 6) is 2.62. The van der Waals surface area contributed by atoms with Gasteiger partial charge < -0.3 is 5.73 Å². The summed E-state index contributed by atoms with van der Waals surface area (Å²) >= 11 is 0. The van der Waals surface area contributed by atoms with Crippen molar-refractivity contribution < 1.29 is 0 Å². The molecule has 2 rings (SSSR count). The van der Waals surface area contributed by atoms with Crippen LogP contribution in [0.3, 0.4) is 0 Å². The molecule has 2 fully saturated rings. The zero-order valence-electron chi connectivity index (χ0n) is 11.9. The number of rotatable bonds is 2. The van der Waals surface area contributed by atoms with Crippen LogP contribution >= 0.6 is 0 Å². The Labute approximate surface area is 107 Å². The Hall–Kier alpha value is -0.0800. The fraction of sp³-hybridized carbons (Fsp3) is 1.00. The number of likely N-dealkylation sites (tertiary alicyclic amines) is 1. The summed E-state index contributed by atoms with van der Waals surface area (Å²) in [5, 5.41) is 0. The molecule has 1 heterocycles. The average Bonchev–Trinajstić information content (AvgIpc) is 2.33. The van der Waals surface area contributed by atoms with E-state index in [9.17, 15) is 0 Å². The second-order valence-corrected chi connectivity index (χ2v) is 6.59. The lowest BCUT2D eigenvalue weighted by Gasteiger charge is -2.48. The van der Waals surface area contributed by atoms with Crippen LogP contribution in [-0.4, -0.2) is 30.1 Å². The summed E-state index contributed by atoms with van der Waals surface area (Å²) < 4.78 is 0. The number of nitrogens with zero attached hydrogens (tertiary/aromatic N) is 1. The summed E-state index contributed by atoms with van der Waals surface area (Å²) in [5.41, 5.74) is 6.00. The van der Waals surface area contributed by atoms with Crippen LogP contribution in [-0.2, 0) is 0 Å². The summed E-state index contributed by atoms with van der Waals surface area (Å²) in [6, 6.07) is 1.45. The lowest BCUT2D eigenvalue weighted by Crippen LogP contribution is -2.54. The van der Waals surface area contributed by atoms with Gasteiger partial charge in [-0.15, -0.1) is 0 Å². The fourth-order valence-electron chi connectivity index (χ4n) is 3.96. The molecule has 2 N–H and O–H groups in total. The summed E-state index contributed by atoms with van der Waals surface area (Å²) in [6.45, 7) is 9.40. The van der Waals surface area contributed by atoms with E-state index in [-0.39, 0.29) is 0 Å². The average molecular weight is 238 g/mol. The first kappa shape index (κ1) is 13.4. The molecular weight excluding hydrogens is 208 g/mol. The molecule has 5 atom stereocenters. The minimum atomic E-state index is 0.650. The van der Waals surface area contributed by atoms with Gasteiger partial charge in [0.1, 0.15) is 0 Å². The topological polar surface area (TPSA) is 29.3 Å². The molecule has 0 aromatic heterocycles. The van der Waals surface area contributed by atoms with Gasteiger partial charge in [-0.2, -0.15) is 0 Å². The molecular formula is C15H30N2. The van der Waals surface area contributed by atoms with Crippen molar-refractivity contribution >= 4 is 0 Å². The summed E-state index contributed by atoms with van der Waals surface area (Å²) in [4.78, 5) is 2.76. The summed E-state index contributed by atoms with van der Waals surface area (Å²) in [7, 11) is 0. The van der Waals surface area contributed by atoms with Crippen molar-refractivity contribution in [3.05, 3.63) is 0 Å². The van der Waals surface area contributed by atoms with E-state index in [1.807, 2.05) is 0 Å². The first-order chi connectivity index (χ1) is 8.13. The van der Waals surface area contributed by atoms with Gasteiger partial charge in [-0.25, -0.2) is 0 Å². The maximum atomic E-state index is 6.00. The highest BCUT2D eigenvalue weighted by atomic mass is 15.2. The normalized spacial score (nSPS) is 44.8. The van der Waals surface area contributed by atoms with Crippen molar-refractivity contribution in [3.8, 4) is 0 Å². The monoisotopic (exact) mass is 238 g/mol. The van der Waals surface area contributed by atoms with Crippen molar-refractivity contribution in [2.24, 2.45) is 23.5 Å². The molecule has 0 aromatic carbocycles. The Kier molecular flexibility index (Phi) is 4.48. The van der Waals surface area contributed by atoms with Crippen LogP contribution in [0.1, 0.15) is 52.9 Å². The van der Waals surface area contributed by atoms with Crippen molar-refractivity contribution in [2.45, 2.75) is 65.0 Å². The largest absolute Gasteiger partial charge is 0.329 e. The number of hydrogen-bond acceptors (Lipinski definition) is 2. The van der Waals surface area contributed by atoms with Crippen molar-refractivity contribution in [2.75, 3.05) is 13.1 Å². The third kappa shape index (κ3) is 2.85. The van der Waals surface area contributed by atoms with Gasteiger partial charge in [-0.1, -0.05) is 33.6 Å². The minimum Gasteiger partial charge on any atom is -0.329 e. The van der Waals surface area contributed by atoms with Crippen molar-refractivity contribution in [3.63, 3.8) is 0 Å². The standard InChI is InChI=1S/C15H30N2/c1-11-7-8-17(14(9-11)10-16)15-6-4-5-12(2)13(15)3/h11-15H,4-10,16H2,1-3H3. The van der Waals surface area contributed by atoms with E-state index in [0.717, 1.165) is 30.3 Å². The van der Waals surface area contributed by atoms with Crippen LogP contribution < -0.4 is 5.73 Å². The van der Waals surface area contributed by atoms with Gasteiger partial charge in [-0.3, -0.25) is 4.90 Å². The predicted octanol–water partition coefficient (Wildman–Crippen LogP) is 2.87. The molecule has 100 valence electrons. The van der Waals surface area contributed by atoms with Crippen molar-refractivity contribution in [1.82, 2.24) is 4.90 Å². The third-order valence-corrected chi connectivity index (χ3v) is 5.39. The molecule has 0 bridgehead atoms. The smallest absolute Gasteiger partial charge is 0.0224 e. The predicted molar refractivity (Wildman–Crippen MR) is 73.9 cm³/mol. The highest BCUT2D eigenvalue weighted by molar-refractivity contribution is 4.91. The number of hydrogen-bond donors (Lipinski definition) is 1. The molecule has 2 nitrogen and oxygen atoms in total. The molecule has 1 saturated heterocycles. The number of piperidine rings is 1. The molecule has 0 radical (unpaired) electrons. The maximum Gasteiger partial charge on any atom is 0.0224 e. The van der Waals surface area contributed by atoms with Gasteiger partial charge in [0.25, 0.3) is 0 Å². The Balaban J connectivity index is 2.04. The van der Waals surface area contributed by atoms with Gasteiger partial charge in [0.15, 0.2) is 0 Å². The van der Waals surface area contributed by atoms with E-state index in [4.69, 9.17) is 5.73 Å². The Morgan fingerprint density at radius 1 is 1.12 bits per heavy atom. The van der Waals surface area contributed by atoms with Gasteiger partial charge in [0, 0.05) is 18.6 Å². The fourth-order valence-corrected chi connectivity index (χ4v) is 3.96. The van der Waals surface area contributed by atoms with E-state index in [1.165, 1.54) is 38.6 Å². The Morgan fingerprint density at radius 2 is 1.88 bits per heavy atom. The summed E-state index contributed by atoms with van der Waals surface area (Å²) in [6.07, 6.45) is 6.92. The quantitative estimate of drug-likeness (QED) is 0.801. The maximum absolute atomic E-state index is 6.00. The lowest BCUT2D eigenvalue weighted by atomic mass is 9.75. The van der Waals surface area contributed by atoms with Gasteiger partial charge in [-0.05, 0) is 43.6 Å². The molecule has 0 amide bonds. The zero-order chi connectivity index (χ0) is 12.4. The molecule has 1 saturated carbocycles. The molecule has 5 unspecified atom stereocenters.